The summed E-state index contributed by atoms with van der Waals surface area (Å²) >= 11 is 7.92. The number of benzene rings is 2. The molecule has 1 atom stereocenters. The van der Waals surface area contributed by atoms with E-state index in [0.29, 0.717) is 37.6 Å². The van der Waals surface area contributed by atoms with Gasteiger partial charge in [-0.1, -0.05) is 17.7 Å². The van der Waals surface area contributed by atoms with Gasteiger partial charge in [0.25, 0.3) is 0 Å². The highest BCUT2D eigenvalue weighted by molar-refractivity contribution is 7.23. The van der Waals surface area contributed by atoms with Gasteiger partial charge < -0.3 is 24.8 Å². The quantitative estimate of drug-likeness (QED) is 0.315. The van der Waals surface area contributed by atoms with E-state index < -0.39 is 11.6 Å². The van der Waals surface area contributed by atoms with E-state index in [2.05, 4.69) is 9.88 Å². The van der Waals surface area contributed by atoms with Crippen LogP contribution in [-0.4, -0.2) is 72.5 Å². The molecule has 2 aromatic heterocycles. The largest absolute Gasteiger partial charge is 0.489 e. The molecule has 0 amide bonds. The van der Waals surface area contributed by atoms with Crippen molar-refractivity contribution in [2.45, 2.75) is 37.3 Å². The van der Waals surface area contributed by atoms with Gasteiger partial charge in [-0.2, -0.15) is 15.2 Å². The van der Waals surface area contributed by atoms with Crippen LogP contribution in [0.25, 0.3) is 32.1 Å². The Morgan fingerprint density at radius 1 is 1.16 bits per heavy atom. The molecule has 9 nitrogen and oxygen atoms in total. The minimum Gasteiger partial charge on any atom is -0.489 e. The number of hydrogen-bond acceptors (Lipinski definition) is 10. The molecule has 0 aliphatic carbocycles. The molecular weight excluding hydrogens is 598 g/mol. The number of nitrogen functional groups attached to an aromatic ring is 1. The fourth-order valence-corrected chi connectivity index (χ4v) is 8.58. The Morgan fingerprint density at radius 3 is 2.77 bits per heavy atom. The smallest absolute Gasteiger partial charge is 0.319 e. The average molecular weight is 625 g/mol. The molecular formula is C30H27ClF2N6O3S. The number of nitriles is 1. The Balaban J connectivity index is 1.36. The predicted octanol–water partition coefficient (Wildman–Crippen LogP) is 5.50. The highest BCUT2D eigenvalue weighted by atomic mass is 35.5. The standard InChI is InChI=1S/C30H27ClF2N6O3S/c31-22-20(16-3-4-18(32)26-19(16)17(11-34)27(35)43-26)23(33)24-21-25(22)41-13-15-12-40-10-9-39(15)28(21)37-29(36-24)42-14-30-5-1-7-38(30)8-2-6-30/h3-4,15H,1-2,5-10,12-14,35H2. The molecule has 1 unspecified atom stereocenters. The summed E-state index contributed by atoms with van der Waals surface area (Å²) < 4.78 is 50.3. The monoisotopic (exact) mass is 624 g/mol. The van der Waals surface area contributed by atoms with Gasteiger partial charge in [-0.15, -0.1) is 11.3 Å². The first-order valence-electron chi connectivity index (χ1n) is 14.4. The number of rotatable bonds is 4. The molecule has 0 bridgehead atoms. The summed E-state index contributed by atoms with van der Waals surface area (Å²) in [6.07, 6.45) is 4.31. The predicted molar refractivity (Wildman–Crippen MR) is 160 cm³/mol. The van der Waals surface area contributed by atoms with E-state index in [0.717, 1.165) is 50.1 Å². The van der Waals surface area contributed by atoms with Crippen LogP contribution in [-0.2, 0) is 4.74 Å². The van der Waals surface area contributed by atoms with Crippen LogP contribution in [0.2, 0.25) is 5.02 Å². The van der Waals surface area contributed by atoms with E-state index in [1.165, 1.54) is 12.1 Å². The van der Waals surface area contributed by atoms with Crippen molar-refractivity contribution in [3.8, 4) is 29.0 Å². The maximum atomic E-state index is 17.0. The summed E-state index contributed by atoms with van der Waals surface area (Å²) in [4.78, 5) is 14.0. The van der Waals surface area contributed by atoms with Crippen LogP contribution in [0.4, 0.5) is 19.6 Å². The molecule has 6 heterocycles. The molecule has 222 valence electrons. The number of fused-ring (bicyclic) bond motifs is 4. The van der Waals surface area contributed by atoms with Crippen LogP contribution < -0.4 is 20.1 Å². The number of nitrogens with zero attached hydrogens (tertiary/aromatic N) is 5. The number of ether oxygens (including phenoxy) is 3. The first-order chi connectivity index (χ1) is 20.9. The first kappa shape index (κ1) is 27.1. The summed E-state index contributed by atoms with van der Waals surface area (Å²) in [7, 11) is 0. The molecule has 43 heavy (non-hydrogen) atoms. The second-order valence-electron chi connectivity index (χ2n) is 11.6. The van der Waals surface area contributed by atoms with Crippen LogP contribution in [0.5, 0.6) is 11.8 Å². The van der Waals surface area contributed by atoms with Gasteiger partial charge in [-0.3, -0.25) is 4.90 Å². The van der Waals surface area contributed by atoms with Crippen molar-refractivity contribution in [3.63, 3.8) is 0 Å². The van der Waals surface area contributed by atoms with Gasteiger partial charge in [0.15, 0.2) is 11.6 Å². The maximum absolute atomic E-state index is 17.0. The topological polar surface area (TPSA) is 110 Å². The van der Waals surface area contributed by atoms with Gasteiger partial charge in [-0.05, 0) is 50.4 Å². The average Bonchev–Trinajstić information content (AvgIpc) is 3.66. The molecule has 4 aliphatic heterocycles. The molecule has 3 fully saturated rings. The molecule has 4 aromatic rings. The Bertz CT molecular complexity index is 1850. The van der Waals surface area contributed by atoms with Gasteiger partial charge in [0.05, 0.1) is 45.5 Å². The van der Waals surface area contributed by atoms with E-state index in [9.17, 15) is 9.65 Å². The van der Waals surface area contributed by atoms with Crippen molar-refractivity contribution in [3.05, 3.63) is 34.4 Å². The third-order valence-corrected chi connectivity index (χ3v) is 10.7. The van der Waals surface area contributed by atoms with E-state index in [1.807, 2.05) is 11.0 Å². The van der Waals surface area contributed by atoms with E-state index in [4.69, 9.17) is 36.5 Å². The molecule has 4 aliphatic rings. The van der Waals surface area contributed by atoms with Gasteiger partial charge in [0.1, 0.15) is 41.4 Å². The second-order valence-corrected chi connectivity index (χ2v) is 13.0. The van der Waals surface area contributed by atoms with E-state index in [1.54, 1.807) is 0 Å². The lowest BCUT2D eigenvalue weighted by molar-refractivity contribution is 0.0780. The van der Waals surface area contributed by atoms with Crippen molar-refractivity contribution < 1.29 is 23.0 Å². The van der Waals surface area contributed by atoms with Gasteiger partial charge >= 0.3 is 6.01 Å². The molecule has 0 saturated carbocycles. The summed E-state index contributed by atoms with van der Waals surface area (Å²) in [6, 6.07) is 4.56. The molecule has 13 heteroatoms. The highest BCUT2D eigenvalue weighted by Crippen LogP contribution is 2.51. The number of aromatic nitrogens is 2. The zero-order valence-electron chi connectivity index (χ0n) is 23.1. The lowest BCUT2D eigenvalue weighted by Gasteiger charge is -2.35. The number of morpholine rings is 1. The Morgan fingerprint density at radius 2 is 1.98 bits per heavy atom. The minimum atomic E-state index is -0.740. The highest BCUT2D eigenvalue weighted by Gasteiger charge is 2.45. The van der Waals surface area contributed by atoms with Crippen molar-refractivity contribution in [1.29, 1.82) is 5.26 Å². The number of thiophene rings is 1. The lowest BCUT2D eigenvalue weighted by atomic mass is 9.95. The fraction of sp³-hybridized carbons (Fsp3) is 0.433. The lowest BCUT2D eigenvalue weighted by Crippen LogP contribution is -2.48. The number of nitrogens with two attached hydrogens (primary N) is 1. The van der Waals surface area contributed by atoms with Crippen LogP contribution in [0.3, 0.4) is 0 Å². The third-order valence-electron chi connectivity index (χ3n) is 9.34. The maximum Gasteiger partial charge on any atom is 0.319 e. The van der Waals surface area contributed by atoms with Crippen molar-refractivity contribution in [2.24, 2.45) is 0 Å². The zero-order valence-corrected chi connectivity index (χ0v) is 24.7. The van der Waals surface area contributed by atoms with Crippen molar-refractivity contribution >= 4 is 54.7 Å². The SMILES string of the molecule is N#Cc1c(N)sc2c(F)ccc(-c3c(Cl)c4c5c(nc(OCC67CCCN6CCC7)nc5c3F)N3CCOCC3CO4)c12. The molecule has 2 N–H and O–H groups in total. The Labute approximate surface area is 254 Å². The fourth-order valence-electron chi connectivity index (χ4n) is 7.30. The van der Waals surface area contributed by atoms with Gasteiger partial charge in [-0.25, -0.2) is 8.78 Å². The van der Waals surface area contributed by atoms with Crippen LogP contribution in [0.1, 0.15) is 31.2 Å². The van der Waals surface area contributed by atoms with E-state index >= 15 is 4.39 Å². The van der Waals surface area contributed by atoms with Gasteiger partial charge in [0, 0.05) is 17.5 Å². The summed E-state index contributed by atoms with van der Waals surface area (Å²) in [5, 5.41) is 10.5. The van der Waals surface area contributed by atoms with Crippen LogP contribution in [0, 0.1) is 23.0 Å². The normalized spacial score (nSPS) is 21.0. The molecule has 0 spiro atoms. The zero-order chi connectivity index (χ0) is 29.5. The minimum absolute atomic E-state index is 0.0164. The second kappa shape index (κ2) is 10.0. The third kappa shape index (κ3) is 3.98. The number of hydrogen-bond donors (Lipinski definition) is 1. The first-order valence-corrected chi connectivity index (χ1v) is 15.6. The summed E-state index contributed by atoms with van der Waals surface area (Å²) in [5.41, 5.74) is 6.24. The van der Waals surface area contributed by atoms with Crippen molar-refractivity contribution in [1.82, 2.24) is 14.9 Å². The molecule has 8 rings (SSSR count). The van der Waals surface area contributed by atoms with Crippen molar-refractivity contribution in [2.75, 3.05) is 56.7 Å². The number of halogens is 3. The molecule has 3 saturated heterocycles. The van der Waals surface area contributed by atoms with Crippen LogP contribution in [0.15, 0.2) is 12.1 Å². The number of anilines is 2. The van der Waals surface area contributed by atoms with Crippen LogP contribution >= 0.6 is 22.9 Å². The Hall–Kier alpha value is -3.50. The van der Waals surface area contributed by atoms with E-state index in [-0.39, 0.29) is 72.3 Å². The summed E-state index contributed by atoms with van der Waals surface area (Å²) in [5.74, 6) is -0.606. The molecule has 2 aromatic carbocycles. The Kier molecular flexibility index (Phi) is 6.31. The van der Waals surface area contributed by atoms with Gasteiger partial charge in [0.2, 0.25) is 0 Å². The molecule has 0 radical (unpaired) electrons. The summed E-state index contributed by atoms with van der Waals surface area (Å²) in [6.45, 7) is 4.12.